The topological polar surface area (TPSA) is 66.5 Å². The number of aromatic amines is 1. The van der Waals surface area contributed by atoms with Gasteiger partial charge in [-0.2, -0.15) is 0 Å². The Morgan fingerprint density at radius 3 is 2.88 bits per heavy atom. The first-order valence-corrected chi connectivity index (χ1v) is 11.6. The number of ether oxygens (including phenoxy) is 2. The molecule has 7 heteroatoms. The van der Waals surface area contributed by atoms with Gasteiger partial charge in [-0.15, -0.1) is 0 Å². The number of fused-ring (bicyclic) bond motifs is 1. The number of imidazole rings is 1. The monoisotopic (exact) mass is 433 g/mol. The summed E-state index contributed by atoms with van der Waals surface area (Å²) in [5.41, 5.74) is 4.71. The van der Waals surface area contributed by atoms with E-state index in [0.717, 1.165) is 76.8 Å². The van der Waals surface area contributed by atoms with E-state index in [-0.39, 0.29) is 6.04 Å². The van der Waals surface area contributed by atoms with Crippen molar-refractivity contribution in [2.75, 3.05) is 46.0 Å². The second-order valence-electron chi connectivity index (χ2n) is 8.44. The van der Waals surface area contributed by atoms with Crippen molar-refractivity contribution < 1.29 is 9.47 Å². The van der Waals surface area contributed by atoms with Crippen LogP contribution in [-0.2, 0) is 17.7 Å². The summed E-state index contributed by atoms with van der Waals surface area (Å²) in [4.78, 5) is 17.3. The molecule has 168 valence electrons. The molecule has 0 spiro atoms. The first-order chi connectivity index (χ1) is 15.9. The lowest BCUT2D eigenvalue weighted by molar-refractivity contribution is 0.0357. The number of benzene rings is 1. The van der Waals surface area contributed by atoms with Crippen LogP contribution >= 0.6 is 0 Å². The number of hydrogen-bond acceptors (Lipinski definition) is 6. The predicted molar refractivity (Wildman–Crippen MR) is 123 cm³/mol. The Morgan fingerprint density at radius 2 is 2.00 bits per heavy atom. The molecule has 2 aliphatic heterocycles. The molecule has 2 aliphatic rings. The molecule has 5 rings (SSSR count). The maximum Gasteiger partial charge on any atom is 0.123 e. The summed E-state index contributed by atoms with van der Waals surface area (Å²) in [6.07, 6.45) is 7.57. The third kappa shape index (κ3) is 4.85. The molecule has 0 aliphatic carbocycles. The second-order valence-corrected chi connectivity index (χ2v) is 8.44. The third-order valence-electron chi connectivity index (χ3n) is 6.35. The van der Waals surface area contributed by atoms with Gasteiger partial charge >= 0.3 is 0 Å². The van der Waals surface area contributed by atoms with E-state index >= 15 is 0 Å². The van der Waals surface area contributed by atoms with E-state index in [1.54, 1.807) is 0 Å². The zero-order chi connectivity index (χ0) is 21.6. The highest BCUT2D eigenvalue weighted by atomic mass is 16.5. The zero-order valence-corrected chi connectivity index (χ0v) is 18.4. The number of nitrogens with one attached hydrogen (secondary N) is 1. The second kappa shape index (κ2) is 10.3. The minimum Gasteiger partial charge on any atom is -0.493 e. The van der Waals surface area contributed by atoms with Gasteiger partial charge in [0.05, 0.1) is 37.9 Å². The number of hydrogen-bond donors (Lipinski definition) is 1. The number of pyridine rings is 1. The molecule has 1 atom stereocenters. The van der Waals surface area contributed by atoms with Crippen LogP contribution in [0.2, 0.25) is 0 Å². The molecule has 1 aromatic carbocycles. The van der Waals surface area contributed by atoms with Gasteiger partial charge < -0.3 is 14.5 Å². The normalized spacial score (nSPS) is 19.6. The first-order valence-electron chi connectivity index (χ1n) is 11.6. The molecular weight excluding hydrogens is 402 g/mol. The molecule has 0 radical (unpaired) electrons. The van der Waals surface area contributed by atoms with E-state index in [1.807, 2.05) is 24.8 Å². The predicted octanol–water partition coefficient (Wildman–Crippen LogP) is 3.05. The van der Waals surface area contributed by atoms with Gasteiger partial charge in [0.1, 0.15) is 5.75 Å². The minimum absolute atomic E-state index is 0.0908. The molecule has 3 aromatic rings. The van der Waals surface area contributed by atoms with E-state index < -0.39 is 0 Å². The standard InChI is InChI=1S/C25H31N5O2/c1-2-7-23(32-14-4-10-29-12-15-31-16-13-29)21(5-1)18-30-11-8-22-24(28-19-27-22)25(30)20-6-3-9-26-17-20/h1-3,5-7,9,17,19,25H,4,8,10-16,18H2,(H,27,28). The van der Waals surface area contributed by atoms with Crippen LogP contribution in [0.25, 0.3) is 0 Å². The van der Waals surface area contributed by atoms with Crippen LogP contribution < -0.4 is 4.74 Å². The third-order valence-corrected chi connectivity index (χ3v) is 6.35. The van der Waals surface area contributed by atoms with Gasteiger partial charge in [-0.25, -0.2) is 4.98 Å². The largest absolute Gasteiger partial charge is 0.493 e. The highest BCUT2D eigenvalue weighted by molar-refractivity contribution is 5.35. The molecule has 0 bridgehead atoms. The molecule has 2 aromatic heterocycles. The maximum absolute atomic E-state index is 6.25. The van der Waals surface area contributed by atoms with Gasteiger partial charge in [-0.1, -0.05) is 24.3 Å². The minimum atomic E-state index is 0.0908. The van der Waals surface area contributed by atoms with Crippen LogP contribution in [0, 0.1) is 0 Å². The van der Waals surface area contributed by atoms with Crippen molar-refractivity contribution in [3.63, 3.8) is 0 Å². The summed E-state index contributed by atoms with van der Waals surface area (Å²) < 4.78 is 11.7. The Hall–Kier alpha value is -2.74. The Labute approximate surface area is 189 Å². The molecule has 7 nitrogen and oxygen atoms in total. The summed E-state index contributed by atoms with van der Waals surface area (Å²) in [5, 5.41) is 0. The number of nitrogens with zero attached hydrogens (tertiary/aromatic N) is 4. The summed E-state index contributed by atoms with van der Waals surface area (Å²) in [7, 11) is 0. The highest BCUT2D eigenvalue weighted by Crippen LogP contribution is 2.35. The van der Waals surface area contributed by atoms with E-state index in [4.69, 9.17) is 9.47 Å². The molecule has 1 unspecified atom stereocenters. The molecule has 1 saturated heterocycles. The number of aromatic nitrogens is 3. The summed E-state index contributed by atoms with van der Waals surface area (Å²) in [6, 6.07) is 12.7. The molecule has 1 N–H and O–H groups in total. The number of rotatable bonds is 8. The lowest BCUT2D eigenvalue weighted by Gasteiger charge is -2.35. The summed E-state index contributed by atoms with van der Waals surface area (Å²) >= 11 is 0. The van der Waals surface area contributed by atoms with E-state index in [0.29, 0.717) is 0 Å². The Balaban J connectivity index is 1.27. The van der Waals surface area contributed by atoms with Crippen LogP contribution in [-0.4, -0.2) is 70.8 Å². The average Bonchev–Trinajstić information content (AvgIpc) is 3.33. The van der Waals surface area contributed by atoms with Gasteiger partial charge in [0.25, 0.3) is 0 Å². The van der Waals surface area contributed by atoms with Crippen molar-refractivity contribution in [1.82, 2.24) is 24.8 Å². The molecule has 0 saturated carbocycles. The van der Waals surface area contributed by atoms with E-state index in [9.17, 15) is 0 Å². The highest BCUT2D eigenvalue weighted by Gasteiger charge is 2.31. The number of para-hydroxylation sites is 1. The fourth-order valence-electron chi connectivity index (χ4n) is 4.69. The van der Waals surface area contributed by atoms with Crippen LogP contribution in [0.3, 0.4) is 0 Å². The number of morpholine rings is 1. The van der Waals surface area contributed by atoms with Crippen molar-refractivity contribution in [3.05, 3.63) is 77.6 Å². The molecule has 4 heterocycles. The van der Waals surface area contributed by atoms with Crippen molar-refractivity contribution in [1.29, 1.82) is 0 Å². The van der Waals surface area contributed by atoms with Crippen LogP contribution in [0.15, 0.2) is 55.1 Å². The van der Waals surface area contributed by atoms with Gasteiger partial charge in [0.2, 0.25) is 0 Å². The molecule has 1 fully saturated rings. The average molecular weight is 434 g/mol. The molecule has 0 amide bonds. The van der Waals surface area contributed by atoms with E-state index in [1.165, 1.54) is 16.8 Å². The van der Waals surface area contributed by atoms with Gasteiger partial charge in [0.15, 0.2) is 0 Å². The number of H-pyrrole nitrogens is 1. The summed E-state index contributed by atoms with van der Waals surface area (Å²) in [6.45, 7) is 7.29. The SMILES string of the molecule is c1cncc(C2c3nc[nH]c3CCN2Cc2ccccc2OCCCN2CCOCC2)c1. The van der Waals surface area contributed by atoms with Crippen LogP contribution in [0.4, 0.5) is 0 Å². The van der Waals surface area contributed by atoms with Crippen molar-refractivity contribution in [3.8, 4) is 5.75 Å². The quantitative estimate of drug-likeness (QED) is 0.551. The zero-order valence-electron chi connectivity index (χ0n) is 18.4. The molecular formula is C25H31N5O2. The fraction of sp³-hybridized carbons (Fsp3) is 0.440. The van der Waals surface area contributed by atoms with Crippen molar-refractivity contribution >= 4 is 0 Å². The van der Waals surface area contributed by atoms with Crippen molar-refractivity contribution in [2.24, 2.45) is 0 Å². The van der Waals surface area contributed by atoms with Crippen LogP contribution in [0.5, 0.6) is 5.75 Å². The fourth-order valence-corrected chi connectivity index (χ4v) is 4.69. The van der Waals surface area contributed by atoms with Crippen molar-refractivity contribution in [2.45, 2.75) is 25.4 Å². The lowest BCUT2D eigenvalue weighted by atomic mass is 9.96. The van der Waals surface area contributed by atoms with Gasteiger partial charge in [0, 0.05) is 62.8 Å². The maximum atomic E-state index is 6.25. The Morgan fingerprint density at radius 1 is 1.09 bits per heavy atom. The smallest absolute Gasteiger partial charge is 0.123 e. The summed E-state index contributed by atoms with van der Waals surface area (Å²) in [5.74, 6) is 0.979. The van der Waals surface area contributed by atoms with Gasteiger partial charge in [-0.05, 0) is 24.1 Å². The molecule has 32 heavy (non-hydrogen) atoms. The van der Waals surface area contributed by atoms with Gasteiger partial charge in [-0.3, -0.25) is 14.8 Å². The first kappa shape index (κ1) is 21.1. The lowest BCUT2D eigenvalue weighted by Crippen LogP contribution is -2.37. The Kier molecular flexibility index (Phi) is 6.77. The Bertz CT molecular complexity index is 987. The van der Waals surface area contributed by atoms with Crippen LogP contribution in [0.1, 0.15) is 35.0 Å². The van der Waals surface area contributed by atoms with E-state index in [2.05, 4.69) is 55.1 Å².